The van der Waals surface area contributed by atoms with Gasteiger partial charge in [-0.3, -0.25) is 4.79 Å². The molecule has 8 nitrogen and oxygen atoms in total. The van der Waals surface area contributed by atoms with E-state index >= 15 is 0 Å². The van der Waals surface area contributed by atoms with Crippen molar-refractivity contribution in [3.63, 3.8) is 0 Å². The first-order valence-electron chi connectivity index (χ1n) is 4.45. The van der Waals surface area contributed by atoms with Crippen molar-refractivity contribution in [2.45, 2.75) is 17.6 Å². The van der Waals surface area contributed by atoms with Gasteiger partial charge in [-0.2, -0.15) is 0 Å². The van der Waals surface area contributed by atoms with Gasteiger partial charge >= 0.3 is 11.9 Å². The third kappa shape index (κ3) is 3.36. The maximum Gasteiger partial charge on any atom is 0.358 e. The number of aromatic nitrogens is 3. The maximum absolute atomic E-state index is 10.8. The molecule has 92 valence electrons. The standard InChI is InChI=1S/C8H10N4O4S/c1-17-8-10-4(2-3(9)6(13)14)5(7(15)16)11-12-8/h3H,2,9H2,1H3,(H,13,14)(H,15,16)/t3-/m0/s1. The highest BCUT2D eigenvalue weighted by atomic mass is 32.2. The second-order valence-electron chi connectivity index (χ2n) is 3.05. The second-order valence-corrected chi connectivity index (χ2v) is 3.82. The molecule has 0 spiro atoms. The predicted molar refractivity (Wildman–Crippen MR) is 57.9 cm³/mol. The van der Waals surface area contributed by atoms with E-state index < -0.39 is 18.0 Å². The molecule has 0 aromatic carbocycles. The van der Waals surface area contributed by atoms with Gasteiger partial charge in [0.05, 0.1) is 5.69 Å². The predicted octanol–water partition coefficient (Wildman–Crippen LogP) is -0.754. The molecule has 1 atom stereocenters. The summed E-state index contributed by atoms with van der Waals surface area (Å²) in [5.74, 6) is -2.55. The van der Waals surface area contributed by atoms with Crippen molar-refractivity contribution in [1.82, 2.24) is 15.2 Å². The fraction of sp³-hybridized carbons (Fsp3) is 0.375. The molecule has 4 N–H and O–H groups in total. The first kappa shape index (κ1) is 13.3. The number of carbonyl (C=O) groups is 2. The van der Waals surface area contributed by atoms with E-state index in [-0.39, 0.29) is 23.0 Å². The molecular weight excluding hydrogens is 248 g/mol. The van der Waals surface area contributed by atoms with Crippen LogP contribution in [0, 0.1) is 0 Å². The lowest BCUT2D eigenvalue weighted by molar-refractivity contribution is -0.138. The number of aliphatic carboxylic acids is 1. The molecule has 0 amide bonds. The second kappa shape index (κ2) is 5.55. The Morgan fingerprint density at radius 1 is 1.41 bits per heavy atom. The largest absolute Gasteiger partial charge is 0.480 e. The van der Waals surface area contributed by atoms with Crippen molar-refractivity contribution in [3.05, 3.63) is 11.4 Å². The first-order chi connectivity index (χ1) is 7.95. The van der Waals surface area contributed by atoms with E-state index in [1.807, 2.05) is 0 Å². The fourth-order valence-electron chi connectivity index (χ4n) is 1.03. The van der Waals surface area contributed by atoms with Gasteiger partial charge in [-0.05, 0) is 6.26 Å². The smallest absolute Gasteiger partial charge is 0.358 e. The van der Waals surface area contributed by atoms with Gasteiger partial charge in [0.25, 0.3) is 0 Å². The van der Waals surface area contributed by atoms with Gasteiger partial charge < -0.3 is 15.9 Å². The first-order valence-corrected chi connectivity index (χ1v) is 5.67. The summed E-state index contributed by atoms with van der Waals surface area (Å²) in [6, 6.07) is -1.22. The Kier molecular flexibility index (Phi) is 4.35. The monoisotopic (exact) mass is 258 g/mol. The zero-order valence-corrected chi connectivity index (χ0v) is 9.64. The summed E-state index contributed by atoms with van der Waals surface area (Å²) in [4.78, 5) is 25.3. The normalized spacial score (nSPS) is 12.1. The van der Waals surface area contributed by atoms with Gasteiger partial charge in [0.15, 0.2) is 5.69 Å². The van der Waals surface area contributed by atoms with Crippen molar-refractivity contribution < 1.29 is 19.8 Å². The molecular formula is C8H10N4O4S. The number of carboxylic acid groups (broad SMARTS) is 2. The van der Waals surface area contributed by atoms with Crippen LogP contribution in [0.4, 0.5) is 0 Å². The van der Waals surface area contributed by atoms with E-state index in [1.54, 1.807) is 6.26 Å². The third-order valence-electron chi connectivity index (χ3n) is 1.86. The average Bonchev–Trinajstić information content (AvgIpc) is 2.28. The number of nitrogens with zero attached hydrogens (tertiary/aromatic N) is 3. The van der Waals surface area contributed by atoms with Crippen LogP contribution in [0.2, 0.25) is 0 Å². The molecule has 0 aliphatic carbocycles. The Morgan fingerprint density at radius 2 is 2.06 bits per heavy atom. The van der Waals surface area contributed by atoms with Crippen LogP contribution in [-0.4, -0.2) is 49.6 Å². The van der Waals surface area contributed by atoms with Crippen molar-refractivity contribution in [2.24, 2.45) is 5.73 Å². The van der Waals surface area contributed by atoms with Crippen LogP contribution in [0.3, 0.4) is 0 Å². The van der Waals surface area contributed by atoms with Gasteiger partial charge in [0.2, 0.25) is 5.16 Å². The summed E-state index contributed by atoms with van der Waals surface area (Å²) in [6.07, 6.45) is 1.48. The lowest BCUT2D eigenvalue weighted by Gasteiger charge is -2.07. The molecule has 0 fully saturated rings. The maximum atomic E-state index is 10.8. The molecule has 1 aromatic rings. The van der Waals surface area contributed by atoms with E-state index in [0.717, 1.165) is 0 Å². The Bertz CT molecular complexity index is 453. The van der Waals surface area contributed by atoms with Crippen molar-refractivity contribution in [1.29, 1.82) is 0 Å². The van der Waals surface area contributed by atoms with Crippen LogP contribution >= 0.6 is 11.8 Å². The molecule has 0 bridgehead atoms. The summed E-state index contributed by atoms with van der Waals surface area (Å²) < 4.78 is 0. The van der Waals surface area contributed by atoms with Crippen LogP contribution < -0.4 is 5.73 Å². The third-order valence-corrected chi connectivity index (χ3v) is 2.39. The minimum absolute atomic E-state index is 0.0201. The highest BCUT2D eigenvalue weighted by Crippen LogP contribution is 2.11. The summed E-state index contributed by atoms with van der Waals surface area (Å²) in [7, 11) is 0. The number of hydrogen-bond donors (Lipinski definition) is 3. The average molecular weight is 258 g/mol. The number of rotatable bonds is 5. The van der Waals surface area contributed by atoms with Gasteiger partial charge in [0.1, 0.15) is 6.04 Å². The lowest BCUT2D eigenvalue weighted by atomic mass is 10.1. The van der Waals surface area contributed by atoms with Crippen LogP contribution in [-0.2, 0) is 11.2 Å². The minimum atomic E-state index is -1.31. The summed E-state index contributed by atoms with van der Waals surface area (Å²) in [5, 5.41) is 24.8. The molecule has 0 saturated heterocycles. The van der Waals surface area contributed by atoms with E-state index in [1.165, 1.54) is 11.8 Å². The highest BCUT2D eigenvalue weighted by Gasteiger charge is 2.21. The molecule has 17 heavy (non-hydrogen) atoms. The summed E-state index contributed by atoms with van der Waals surface area (Å²) >= 11 is 1.17. The molecule has 0 saturated carbocycles. The van der Waals surface area contributed by atoms with E-state index in [9.17, 15) is 9.59 Å². The van der Waals surface area contributed by atoms with Crippen LogP contribution in [0.5, 0.6) is 0 Å². The molecule has 1 rings (SSSR count). The van der Waals surface area contributed by atoms with Crippen molar-refractivity contribution in [3.8, 4) is 0 Å². The van der Waals surface area contributed by atoms with Crippen molar-refractivity contribution in [2.75, 3.05) is 6.26 Å². The molecule has 0 aliphatic heterocycles. The van der Waals surface area contributed by atoms with E-state index in [4.69, 9.17) is 15.9 Å². The van der Waals surface area contributed by atoms with Gasteiger partial charge in [-0.25, -0.2) is 9.78 Å². The summed E-state index contributed by atoms with van der Waals surface area (Å²) in [6.45, 7) is 0. The molecule has 9 heteroatoms. The molecule has 0 unspecified atom stereocenters. The Morgan fingerprint density at radius 3 is 2.53 bits per heavy atom. The molecule has 1 aromatic heterocycles. The van der Waals surface area contributed by atoms with Gasteiger partial charge in [-0.1, -0.05) is 11.8 Å². The number of thioether (sulfide) groups is 1. The Balaban J connectivity index is 3.09. The van der Waals surface area contributed by atoms with Gasteiger partial charge in [-0.15, -0.1) is 10.2 Å². The van der Waals surface area contributed by atoms with Gasteiger partial charge in [0, 0.05) is 6.42 Å². The quantitative estimate of drug-likeness (QED) is 0.581. The highest BCUT2D eigenvalue weighted by molar-refractivity contribution is 7.98. The molecule has 0 aliphatic rings. The molecule has 1 heterocycles. The Labute approximate surface area is 100 Å². The van der Waals surface area contributed by atoms with E-state index in [0.29, 0.717) is 0 Å². The molecule has 0 radical (unpaired) electrons. The fourth-order valence-corrected chi connectivity index (χ4v) is 1.36. The lowest BCUT2D eigenvalue weighted by Crippen LogP contribution is -2.33. The minimum Gasteiger partial charge on any atom is -0.480 e. The number of hydrogen-bond acceptors (Lipinski definition) is 7. The van der Waals surface area contributed by atoms with Crippen LogP contribution in [0.1, 0.15) is 16.2 Å². The number of nitrogens with two attached hydrogens (primary N) is 1. The zero-order valence-electron chi connectivity index (χ0n) is 8.82. The topological polar surface area (TPSA) is 139 Å². The number of aromatic carboxylic acids is 1. The van der Waals surface area contributed by atoms with Crippen LogP contribution in [0.15, 0.2) is 5.16 Å². The van der Waals surface area contributed by atoms with Crippen molar-refractivity contribution >= 4 is 23.7 Å². The number of carboxylic acids is 2. The SMILES string of the molecule is CSc1nnc(C(=O)O)c(C[C@H](N)C(=O)O)n1. The Hall–Kier alpha value is -1.74. The summed E-state index contributed by atoms with van der Waals surface area (Å²) in [5.41, 5.74) is 4.97. The van der Waals surface area contributed by atoms with Crippen LogP contribution in [0.25, 0.3) is 0 Å². The zero-order chi connectivity index (χ0) is 13.0. The van der Waals surface area contributed by atoms with E-state index in [2.05, 4.69) is 15.2 Å².